The quantitative estimate of drug-likeness (QED) is 0.0369. The van der Waals surface area contributed by atoms with Gasteiger partial charge in [-0.1, -0.05) is 11.6 Å². The summed E-state index contributed by atoms with van der Waals surface area (Å²) in [5.74, 6) is -0.0364. The Kier molecular flexibility index (Phi) is 16.1. The van der Waals surface area contributed by atoms with Crippen LogP contribution in [0.2, 0.25) is 5.02 Å². The Morgan fingerprint density at radius 1 is 0.841 bits per heavy atom. The van der Waals surface area contributed by atoms with Crippen molar-refractivity contribution in [2.45, 2.75) is 32.7 Å². The lowest BCUT2D eigenvalue weighted by Gasteiger charge is -2.30. The molecule has 330 valence electrons. The summed E-state index contributed by atoms with van der Waals surface area (Å²) in [6.07, 6.45) is 3.96. The largest absolute Gasteiger partial charge is 0.493 e. The smallest absolute Gasteiger partial charge is 0.255 e. The predicted molar refractivity (Wildman–Crippen MR) is 231 cm³/mol. The number of halogens is 1. The Labute approximate surface area is 367 Å². The number of hydrogen-bond acceptors (Lipinski definition) is 14. The van der Waals surface area contributed by atoms with Crippen molar-refractivity contribution in [3.8, 4) is 39.7 Å². The highest BCUT2D eigenvalue weighted by atomic mass is 35.5. The lowest BCUT2D eigenvalue weighted by atomic mass is 10.0. The molecule has 1 aliphatic rings. The van der Waals surface area contributed by atoms with Crippen LogP contribution >= 0.6 is 11.6 Å². The molecule has 1 N–H and O–H groups in total. The number of likely N-dealkylation sites (N-methyl/N-ethyl adjacent to an activating group) is 1. The highest BCUT2D eigenvalue weighted by Crippen LogP contribution is 2.37. The first-order valence-corrected chi connectivity index (χ1v) is 20.5. The second-order valence-electron chi connectivity index (χ2n) is 14.2. The summed E-state index contributed by atoms with van der Waals surface area (Å²) in [7, 11) is 1.45. The van der Waals surface area contributed by atoms with E-state index in [9.17, 15) is 28.8 Å². The Balaban J connectivity index is 0.886. The molecule has 6 rings (SSSR count). The van der Waals surface area contributed by atoms with Gasteiger partial charge in [-0.25, -0.2) is 0 Å². The summed E-state index contributed by atoms with van der Waals surface area (Å²) < 4.78 is 40.3. The van der Waals surface area contributed by atoms with Crippen LogP contribution in [0.4, 0.5) is 0 Å². The number of aromatic nitrogens is 1. The number of imide groups is 1. The van der Waals surface area contributed by atoms with Crippen molar-refractivity contribution in [1.82, 2.24) is 15.2 Å². The van der Waals surface area contributed by atoms with Gasteiger partial charge in [0.25, 0.3) is 5.91 Å². The molecule has 16 nitrogen and oxygen atoms in total. The van der Waals surface area contributed by atoms with E-state index in [0.717, 1.165) is 0 Å². The number of ketones is 1. The van der Waals surface area contributed by atoms with Gasteiger partial charge in [0.2, 0.25) is 11.8 Å². The molecule has 5 aromatic rings. The summed E-state index contributed by atoms with van der Waals surface area (Å²) in [6.45, 7) is 5.92. The SMILES string of the molecule is CCOc1cc2oc(-c3ccc(OCCOCCOCCOCCOc4ccc(C=O)c(C(=O)N(C)C5CCC(=O)NC5=O)c4)cc3Cl)cc(=O)c2cc1-c1cncc(C(C)=O)c1. The van der Waals surface area contributed by atoms with Gasteiger partial charge in [-0.3, -0.25) is 39.1 Å². The second kappa shape index (κ2) is 22.1. The Bertz CT molecular complexity index is 2540. The van der Waals surface area contributed by atoms with Crippen molar-refractivity contribution in [1.29, 1.82) is 0 Å². The van der Waals surface area contributed by atoms with Crippen LogP contribution < -0.4 is 25.0 Å². The summed E-state index contributed by atoms with van der Waals surface area (Å²) in [5.41, 5.74) is 2.42. The van der Waals surface area contributed by atoms with E-state index in [1.165, 1.54) is 43.3 Å². The molecular weight excluding hydrogens is 838 g/mol. The number of fused-ring (bicyclic) bond motifs is 1. The summed E-state index contributed by atoms with van der Waals surface area (Å²) >= 11 is 6.63. The number of carbonyl (C=O) groups excluding carboxylic acids is 5. The topological polar surface area (TPSA) is 199 Å². The van der Waals surface area contributed by atoms with E-state index in [0.29, 0.717) is 101 Å². The first-order chi connectivity index (χ1) is 30.5. The third kappa shape index (κ3) is 11.9. The van der Waals surface area contributed by atoms with Crippen LogP contribution in [0, 0.1) is 0 Å². The summed E-state index contributed by atoms with van der Waals surface area (Å²) in [5, 5.41) is 2.87. The number of piperidine rings is 1. The number of aldehydes is 1. The molecule has 3 aromatic carbocycles. The van der Waals surface area contributed by atoms with Crippen LogP contribution in [0.15, 0.2) is 82.3 Å². The van der Waals surface area contributed by atoms with Crippen molar-refractivity contribution in [2.75, 3.05) is 66.5 Å². The van der Waals surface area contributed by atoms with Gasteiger partial charge < -0.3 is 37.7 Å². The van der Waals surface area contributed by atoms with Crippen molar-refractivity contribution in [2.24, 2.45) is 0 Å². The number of amides is 3. The maximum absolute atomic E-state index is 13.4. The van der Waals surface area contributed by atoms with E-state index < -0.39 is 23.8 Å². The fraction of sp³-hybridized carbons (Fsp3) is 0.326. The Hall–Kier alpha value is -6.46. The van der Waals surface area contributed by atoms with Crippen LogP contribution in [-0.2, 0) is 23.8 Å². The lowest BCUT2D eigenvalue weighted by Crippen LogP contribution is -2.53. The number of ether oxygens (including phenoxy) is 6. The molecule has 63 heavy (non-hydrogen) atoms. The zero-order chi connectivity index (χ0) is 44.9. The minimum atomic E-state index is -0.831. The molecule has 1 aliphatic heterocycles. The molecule has 0 radical (unpaired) electrons. The number of Topliss-reactive ketones (excluding diaryl/α,β-unsaturated/α-hetero) is 1. The molecule has 1 atom stereocenters. The van der Waals surface area contributed by atoms with E-state index in [1.807, 2.05) is 6.92 Å². The molecule has 2 aromatic heterocycles. The zero-order valence-corrected chi connectivity index (χ0v) is 35.7. The van der Waals surface area contributed by atoms with Crippen LogP contribution in [0.1, 0.15) is 57.8 Å². The number of nitrogens with zero attached hydrogens (tertiary/aromatic N) is 2. The Morgan fingerprint density at radius 3 is 2.14 bits per heavy atom. The van der Waals surface area contributed by atoms with Gasteiger partial charge in [0, 0.05) is 65.8 Å². The summed E-state index contributed by atoms with van der Waals surface area (Å²) in [6, 6.07) is 15.1. The monoisotopic (exact) mass is 883 g/mol. The van der Waals surface area contributed by atoms with Gasteiger partial charge >= 0.3 is 0 Å². The van der Waals surface area contributed by atoms with Gasteiger partial charge in [-0.2, -0.15) is 0 Å². The minimum absolute atomic E-state index is 0.0783. The normalized spacial score (nSPS) is 13.7. The van der Waals surface area contributed by atoms with Crippen molar-refractivity contribution < 1.29 is 56.8 Å². The van der Waals surface area contributed by atoms with E-state index in [1.54, 1.807) is 48.7 Å². The third-order valence-corrected chi connectivity index (χ3v) is 10.2. The highest BCUT2D eigenvalue weighted by molar-refractivity contribution is 6.33. The third-order valence-electron chi connectivity index (χ3n) is 9.91. The number of carbonyl (C=O) groups is 5. The standard InChI is InChI=1S/C46H46ClN3O13/c1-4-60-41-24-43-37(22-35(41)31-19-30(28(2)52)25-48-26-31)40(53)23-42(63-43)34-8-7-33(21-38(34)47)62-18-16-59-14-12-57-11-13-58-15-17-61-32-6-5-29(27-51)36(20-32)46(56)50(3)39-9-10-44(54)49-45(39)55/h5-8,19-27,39H,4,9-18H2,1-3H3,(H,49,54,55). The first-order valence-electron chi connectivity index (χ1n) is 20.2. The van der Waals surface area contributed by atoms with E-state index in [2.05, 4.69) is 10.3 Å². The molecule has 0 aliphatic carbocycles. The van der Waals surface area contributed by atoms with Crippen molar-refractivity contribution >= 4 is 52.4 Å². The van der Waals surface area contributed by atoms with Crippen molar-refractivity contribution in [3.63, 3.8) is 0 Å². The van der Waals surface area contributed by atoms with Crippen LogP contribution in [0.3, 0.4) is 0 Å². The van der Waals surface area contributed by atoms with E-state index in [4.69, 9.17) is 44.4 Å². The van der Waals surface area contributed by atoms with Gasteiger partial charge in [0.15, 0.2) is 17.5 Å². The van der Waals surface area contributed by atoms with E-state index >= 15 is 0 Å². The predicted octanol–water partition coefficient (Wildman–Crippen LogP) is 5.97. The maximum atomic E-state index is 13.4. The number of benzene rings is 3. The molecule has 1 fully saturated rings. The van der Waals surface area contributed by atoms with Crippen LogP contribution in [0.25, 0.3) is 33.4 Å². The average Bonchev–Trinajstić information content (AvgIpc) is 3.27. The molecule has 17 heteroatoms. The molecule has 0 bridgehead atoms. The van der Waals surface area contributed by atoms with Gasteiger partial charge in [-0.05, 0) is 68.8 Å². The fourth-order valence-electron chi connectivity index (χ4n) is 6.66. The lowest BCUT2D eigenvalue weighted by molar-refractivity contribution is -0.136. The van der Waals surface area contributed by atoms with Crippen LogP contribution in [0.5, 0.6) is 17.2 Å². The minimum Gasteiger partial charge on any atom is -0.493 e. The fourth-order valence-corrected chi connectivity index (χ4v) is 6.92. The van der Waals surface area contributed by atoms with Crippen molar-refractivity contribution in [3.05, 3.63) is 105 Å². The molecule has 3 amide bonds. The highest BCUT2D eigenvalue weighted by Gasteiger charge is 2.33. The molecular formula is C46H46ClN3O13. The molecule has 0 spiro atoms. The number of pyridine rings is 1. The number of rotatable bonds is 22. The maximum Gasteiger partial charge on any atom is 0.255 e. The van der Waals surface area contributed by atoms with E-state index in [-0.39, 0.29) is 60.8 Å². The molecule has 0 saturated carbocycles. The summed E-state index contributed by atoms with van der Waals surface area (Å²) in [4.78, 5) is 79.3. The average molecular weight is 884 g/mol. The van der Waals surface area contributed by atoms with Gasteiger partial charge in [-0.15, -0.1) is 0 Å². The number of hydrogen-bond donors (Lipinski definition) is 1. The van der Waals surface area contributed by atoms with Gasteiger partial charge in [0.05, 0.1) is 62.2 Å². The van der Waals surface area contributed by atoms with Gasteiger partial charge in [0.1, 0.15) is 47.8 Å². The molecule has 1 unspecified atom stereocenters. The molecule has 3 heterocycles. The van der Waals surface area contributed by atoms with Crippen LogP contribution in [-0.4, -0.2) is 112 Å². The Morgan fingerprint density at radius 2 is 1.51 bits per heavy atom. The second-order valence-corrected chi connectivity index (χ2v) is 14.6. The first kappa shape index (κ1) is 46.1. The zero-order valence-electron chi connectivity index (χ0n) is 34.9. The molecule has 1 saturated heterocycles. The number of nitrogens with one attached hydrogen (secondary N) is 1.